The van der Waals surface area contributed by atoms with Crippen LogP contribution in [0.25, 0.3) is 10.9 Å². The molecule has 160 valence electrons. The predicted molar refractivity (Wildman–Crippen MR) is 120 cm³/mol. The molecule has 7 nitrogen and oxygen atoms in total. The average Bonchev–Trinajstić information content (AvgIpc) is 3.45. The van der Waals surface area contributed by atoms with Crippen LogP contribution in [0.15, 0.2) is 35.3 Å². The molecule has 6 rings (SSSR count). The molecule has 0 bridgehead atoms. The van der Waals surface area contributed by atoms with E-state index in [1.165, 1.54) is 32.1 Å². The van der Waals surface area contributed by atoms with Crippen LogP contribution in [0.1, 0.15) is 60.9 Å². The van der Waals surface area contributed by atoms with Crippen molar-refractivity contribution in [3.63, 3.8) is 0 Å². The van der Waals surface area contributed by atoms with Gasteiger partial charge in [-0.25, -0.2) is 0 Å². The maximum atomic E-state index is 12.9. The highest BCUT2D eigenvalue weighted by Gasteiger charge is 2.33. The third-order valence-electron chi connectivity index (χ3n) is 7.02. The third-order valence-corrected chi connectivity index (χ3v) is 7.02. The number of hydrogen-bond donors (Lipinski definition) is 2. The van der Waals surface area contributed by atoms with Crippen LogP contribution in [0, 0.1) is 5.92 Å². The zero-order valence-corrected chi connectivity index (χ0v) is 17.6. The van der Waals surface area contributed by atoms with Gasteiger partial charge in [-0.05, 0) is 61.4 Å². The lowest BCUT2D eigenvalue weighted by Gasteiger charge is -2.30. The Morgan fingerprint density at radius 2 is 1.90 bits per heavy atom. The molecule has 31 heavy (non-hydrogen) atoms. The summed E-state index contributed by atoms with van der Waals surface area (Å²) >= 11 is 0. The minimum absolute atomic E-state index is 0.137. The van der Waals surface area contributed by atoms with Crippen molar-refractivity contribution in [3.8, 4) is 0 Å². The Morgan fingerprint density at radius 3 is 2.71 bits per heavy atom. The van der Waals surface area contributed by atoms with Gasteiger partial charge in [0.2, 0.25) is 0 Å². The molecule has 0 atom stereocenters. The van der Waals surface area contributed by atoms with Crippen molar-refractivity contribution in [1.29, 1.82) is 0 Å². The number of benzene rings is 1. The monoisotopic (exact) mass is 417 g/mol. The number of fused-ring (bicyclic) bond motifs is 2. The van der Waals surface area contributed by atoms with Crippen LogP contribution >= 0.6 is 0 Å². The molecule has 0 saturated heterocycles. The maximum absolute atomic E-state index is 12.9. The summed E-state index contributed by atoms with van der Waals surface area (Å²) in [5.74, 6) is 1.39. The number of aromatic amines is 1. The molecule has 3 aliphatic rings. The van der Waals surface area contributed by atoms with E-state index in [1.807, 2.05) is 28.9 Å². The molecule has 0 spiro atoms. The number of pyridine rings is 1. The van der Waals surface area contributed by atoms with Crippen molar-refractivity contribution in [3.05, 3.63) is 51.9 Å². The van der Waals surface area contributed by atoms with Gasteiger partial charge >= 0.3 is 0 Å². The van der Waals surface area contributed by atoms with Crippen LogP contribution in [0.4, 0.5) is 11.5 Å². The van der Waals surface area contributed by atoms with Crippen LogP contribution in [-0.4, -0.2) is 31.6 Å². The Labute approximate surface area is 180 Å². The van der Waals surface area contributed by atoms with Crippen LogP contribution < -0.4 is 10.9 Å². The SMILES string of the molecule is O=C1c2ccc(Nc3nn(CC4CC4)c4cc[nH]c(=O)c34)cc2CN1C1CCCCC1. The number of carbonyl (C=O) groups is 1. The van der Waals surface area contributed by atoms with Crippen molar-refractivity contribution in [2.45, 2.75) is 64.1 Å². The van der Waals surface area contributed by atoms with Gasteiger partial charge < -0.3 is 15.2 Å². The molecule has 1 amide bonds. The van der Waals surface area contributed by atoms with Crippen LogP contribution in [0.2, 0.25) is 0 Å². The van der Waals surface area contributed by atoms with Crippen LogP contribution in [-0.2, 0) is 13.1 Å². The van der Waals surface area contributed by atoms with E-state index >= 15 is 0 Å². The third kappa shape index (κ3) is 3.32. The number of aromatic nitrogens is 3. The molecule has 1 aliphatic heterocycles. The van der Waals surface area contributed by atoms with E-state index in [0.29, 0.717) is 29.7 Å². The lowest BCUT2D eigenvalue weighted by Crippen LogP contribution is -2.36. The number of rotatable bonds is 5. The van der Waals surface area contributed by atoms with Gasteiger partial charge in [0.15, 0.2) is 5.82 Å². The molecule has 7 heteroatoms. The lowest BCUT2D eigenvalue weighted by molar-refractivity contribution is 0.0660. The summed E-state index contributed by atoms with van der Waals surface area (Å²) in [5.41, 5.74) is 3.44. The van der Waals surface area contributed by atoms with E-state index in [9.17, 15) is 9.59 Å². The van der Waals surface area contributed by atoms with Gasteiger partial charge in [-0.15, -0.1) is 0 Å². The molecule has 2 aliphatic carbocycles. The van der Waals surface area contributed by atoms with Gasteiger partial charge in [0, 0.05) is 36.6 Å². The largest absolute Gasteiger partial charge is 0.338 e. The summed E-state index contributed by atoms with van der Waals surface area (Å²) in [6, 6.07) is 8.16. The Morgan fingerprint density at radius 1 is 1.06 bits per heavy atom. The van der Waals surface area contributed by atoms with E-state index in [4.69, 9.17) is 5.10 Å². The molecular weight excluding hydrogens is 390 g/mol. The van der Waals surface area contributed by atoms with E-state index in [0.717, 1.165) is 41.7 Å². The summed E-state index contributed by atoms with van der Waals surface area (Å²) in [6.45, 7) is 1.52. The summed E-state index contributed by atoms with van der Waals surface area (Å²) in [5, 5.41) is 8.68. The minimum atomic E-state index is -0.137. The quantitative estimate of drug-likeness (QED) is 0.653. The average molecular weight is 418 g/mol. The Balaban J connectivity index is 1.30. The number of hydrogen-bond acceptors (Lipinski definition) is 4. The maximum Gasteiger partial charge on any atom is 0.261 e. The Hall–Kier alpha value is -3.09. The number of carbonyl (C=O) groups excluding carboxylic acids is 1. The molecular formula is C24H27N5O2. The smallest absolute Gasteiger partial charge is 0.261 e. The highest BCUT2D eigenvalue weighted by atomic mass is 16.2. The van der Waals surface area contributed by atoms with Gasteiger partial charge in [0.05, 0.1) is 5.52 Å². The fraction of sp³-hybridized carbons (Fsp3) is 0.458. The Kier molecular flexibility index (Phi) is 4.37. The van der Waals surface area contributed by atoms with E-state index in [1.54, 1.807) is 6.20 Å². The lowest BCUT2D eigenvalue weighted by atomic mass is 9.94. The summed E-state index contributed by atoms with van der Waals surface area (Å²) < 4.78 is 1.95. The highest BCUT2D eigenvalue weighted by molar-refractivity contribution is 5.99. The number of nitrogens with zero attached hydrogens (tertiary/aromatic N) is 3. The summed E-state index contributed by atoms with van der Waals surface area (Å²) in [6.07, 6.45) is 10.1. The van der Waals surface area contributed by atoms with Crippen molar-refractivity contribution >= 4 is 28.3 Å². The fourth-order valence-corrected chi connectivity index (χ4v) is 5.15. The van der Waals surface area contributed by atoms with Crippen molar-refractivity contribution < 1.29 is 4.79 Å². The highest BCUT2D eigenvalue weighted by Crippen LogP contribution is 2.34. The van der Waals surface area contributed by atoms with Crippen molar-refractivity contribution in [2.75, 3.05) is 5.32 Å². The number of anilines is 2. The molecule has 0 unspecified atom stereocenters. The van der Waals surface area contributed by atoms with Crippen LogP contribution in [0.5, 0.6) is 0 Å². The molecule has 1 aromatic carbocycles. The molecule has 2 aromatic heterocycles. The zero-order valence-electron chi connectivity index (χ0n) is 17.6. The van der Waals surface area contributed by atoms with E-state index < -0.39 is 0 Å². The van der Waals surface area contributed by atoms with E-state index in [-0.39, 0.29) is 11.5 Å². The van der Waals surface area contributed by atoms with Crippen molar-refractivity contribution in [1.82, 2.24) is 19.7 Å². The number of H-pyrrole nitrogens is 1. The van der Waals surface area contributed by atoms with Gasteiger partial charge in [-0.3, -0.25) is 14.3 Å². The van der Waals surface area contributed by atoms with Gasteiger partial charge in [-0.1, -0.05) is 19.3 Å². The van der Waals surface area contributed by atoms with Gasteiger partial charge in [0.1, 0.15) is 5.39 Å². The molecule has 2 saturated carbocycles. The first-order chi connectivity index (χ1) is 15.2. The Bertz CT molecular complexity index is 1220. The number of nitrogens with one attached hydrogen (secondary N) is 2. The normalized spacial score (nSPS) is 19.2. The first-order valence-corrected chi connectivity index (χ1v) is 11.5. The summed E-state index contributed by atoms with van der Waals surface area (Å²) in [4.78, 5) is 30.3. The first kappa shape index (κ1) is 18.7. The molecule has 2 fully saturated rings. The second kappa shape index (κ2) is 7.25. The molecule has 3 heterocycles. The summed E-state index contributed by atoms with van der Waals surface area (Å²) in [7, 11) is 0. The second-order valence-electron chi connectivity index (χ2n) is 9.26. The topological polar surface area (TPSA) is 83.0 Å². The molecule has 3 aromatic rings. The molecule has 0 radical (unpaired) electrons. The second-order valence-corrected chi connectivity index (χ2v) is 9.26. The fourth-order valence-electron chi connectivity index (χ4n) is 5.15. The predicted octanol–water partition coefficient (Wildman–Crippen LogP) is 4.17. The molecule has 2 N–H and O–H groups in total. The minimum Gasteiger partial charge on any atom is -0.338 e. The van der Waals surface area contributed by atoms with Gasteiger partial charge in [0.25, 0.3) is 11.5 Å². The van der Waals surface area contributed by atoms with Crippen LogP contribution in [0.3, 0.4) is 0 Å². The number of amides is 1. The van der Waals surface area contributed by atoms with E-state index in [2.05, 4.69) is 15.2 Å². The van der Waals surface area contributed by atoms with Crippen molar-refractivity contribution in [2.24, 2.45) is 5.92 Å². The van der Waals surface area contributed by atoms with Gasteiger partial charge in [-0.2, -0.15) is 5.10 Å². The standard InChI is InChI=1S/C24H27N5O2/c30-23-21-20(10-11-25-23)29(13-15-6-7-15)27-22(21)26-17-8-9-19-16(12-17)14-28(24(19)31)18-4-2-1-3-5-18/h8-12,15,18H,1-7,13-14H2,(H,25,30)(H,26,27). The first-order valence-electron chi connectivity index (χ1n) is 11.5. The zero-order chi connectivity index (χ0) is 20.9.